The maximum atomic E-state index is 12.0. The molecule has 1 fully saturated rings. The average molecular weight is 328 g/mol. The second-order valence-electron chi connectivity index (χ2n) is 7.64. The molecule has 23 heavy (non-hydrogen) atoms. The SMILES string of the molecule is CCCC(C)CNCCOC1CCN(C(=O)OC(C)(C)C)CC1. The van der Waals surface area contributed by atoms with Crippen LogP contribution in [-0.2, 0) is 9.47 Å². The van der Waals surface area contributed by atoms with Crippen molar-refractivity contribution < 1.29 is 14.3 Å². The normalized spacial score (nSPS) is 18.0. The molecule has 1 atom stereocenters. The standard InChI is InChI=1S/C18H36N2O3/c1-6-7-15(2)14-19-10-13-22-16-8-11-20(12-9-16)17(21)23-18(3,4)5/h15-16,19H,6-14H2,1-5H3. The smallest absolute Gasteiger partial charge is 0.410 e. The Bertz CT molecular complexity index is 334. The van der Waals surface area contributed by atoms with Gasteiger partial charge in [0.15, 0.2) is 0 Å². The first-order valence-electron chi connectivity index (χ1n) is 9.12. The van der Waals surface area contributed by atoms with Gasteiger partial charge in [-0.1, -0.05) is 20.3 Å². The first kappa shape index (κ1) is 20.2. The van der Waals surface area contributed by atoms with Crippen LogP contribution in [0.2, 0.25) is 0 Å². The first-order valence-corrected chi connectivity index (χ1v) is 9.12. The number of piperidine rings is 1. The summed E-state index contributed by atoms with van der Waals surface area (Å²) in [7, 11) is 0. The summed E-state index contributed by atoms with van der Waals surface area (Å²) in [6, 6.07) is 0. The van der Waals surface area contributed by atoms with Crippen LogP contribution in [0.25, 0.3) is 0 Å². The zero-order valence-corrected chi connectivity index (χ0v) is 15.7. The summed E-state index contributed by atoms with van der Waals surface area (Å²) in [5.74, 6) is 0.733. The Morgan fingerprint density at radius 3 is 2.52 bits per heavy atom. The molecule has 0 spiro atoms. The number of rotatable bonds is 8. The first-order chi connectivity index (χ1) is 10.8. The summed E-state index contributed by atoms with van der Waals surface area (Å²) in [5.41, 5.74) is -0.426. The van der Waals surface area contributed by atoms with E-state index in [9.17, 15) is 4.79 Å². The Morgan fingerprint density at radius 1 is 1.30 bits per heavy atom. The van der Waals surface area contributed by atoms with Gasteiger partial charge in [-0.15, -0.1) is 0 Å². The number of likely N-dealkylation sites (tertiary alicyclic amines) is 1. The van der Waals surface area contributed by atoms with Crippen LogP contribution in [0, 0.1) is 5.92 Å². The predicted molar refractivity (Wildman–Crippen MR) is 93.7 cm³/mol. The van der Waals surface area contributed by atoms with E-state index in [-0.39, 0.29) is 12.2 Å². The maximum Gasteiger partial charge on any atom is 0.410 e. The van der Waals surface area contributed by atoms with Crippen molar-refractivity contribution in [2.45, 2.75) is 72.0 Å². The molecule has 1 aliphatic heterocycles. The van der Waals surface area contributed by atoms with Gasteiger partial charge in [0.05, 0.1) is 12.7 Å². The molecule has 0 bridgehead atoms. The zero-order chi connectivity index (χ0) is 17.3. The molecule has 1 amide bonds. The van der Waals surface area contributed by atoms with E-state index in [4.69, 9.17) is 9.47 Å². The third kappa shape index (κ3) is 9.16. The van der Waals surface area contributed by atoms with Crippen molar-refractivity contribution in [3.8, 4) is 0 Å². The van der Waals surface area contributed by atoms with Crippen LogP contribution in [0.1, 0.15) is 60.3 Å². The number of hydrogen-bond donors (Lipinski definition) is 1. The molecule has 5 heteroatoms. The molecule has 5 nitrogen and oxygen atoms in total. The number of carbonyl (C=O) groups is 1. The molecule has 0 aromatic carbocycles. The van der Waals surface area contributed by atoms with Crippen molar-refractivity contribution in [3.63, 3.8) is 0 Å². The largest absolute Gasteiger partial charge is 0.444 e. The molecule has 1 aliphatic rings. The van der Waals surface area contributed by atoms with Crippen LogP contribution in [-0.4, -0.2) is 55.5 Å². The van der Waals surface area contributed by atoms with Crippen LogP contribution < -0.4 is 5.32 Å². The molecule has 1 N–H and O–H groups in total. The Labute approximate surface area is 142 Å². The molecule has 0 aromatic rings. The molecule has 1 unspecified atom stereocenters. The molecule has 0 aliphatic carbocycles. The lowest BCUT2D eigenvalue weighted by molar-refractivity contribution is -0.0105. The van der Waals surface area contributed by atoms with Gasteiger partial charge in [-0.3, -0.25) is 0 Å². The quantitative estimate of drug-likeness (QED) is 0.694. The van der Waals surface area contributed by atoms with Gasteiger partial charge in [0.1, 0.15) is 5.60 Å². The fourth-order valence-corrected chi connectivity index (χ4v) is 2.77. The van der Waals surface area contributed by atoms with E-state index in [1.54, 1.807) is 4.90 Å². The molecule has 1 saturated heterocycles. The minimum absolute atomic E-state index is 0.206. The van der Waals surface area contributed by atoms with Crippen LogP contribution in [0.4, 0.5) is 4.79 Å². The number of nitrogens with zero attached hydrogens (tertiary/aromatic N) is 1. The lowest BCUT2D eigenvalue weighted by atomic mass is 10.1. The molecular formula is C18H36N2O3. The molecule has 0 radical (unpaired) electrons. The minimum atomic E-state index is -0.426. The summed E-state index contributed by atoms with van der Waals surface area (Å²) in [5, 5.41) is 3.45. The number of amides is 1. The van der Waals surface area contributed by atoms with Crippen molar-refractivity contribution >= 4 is 6.09 Å². The van der Waals surface area contributed by atoms with Crippen LogP contribution in [0.5, 0.6) is 0 Å². The third-order valence-electron chi connectivity index (χ3n) is 4.00. The van der Waals surface area contributed by atoms with Crippen molar-refractivity contribution in [2.24, 2.45) is 5.92 Å². The van der Waals surface area contributed by atoms with E-state index < -0.39 is 5.60 Å². The van der Waals surface area contributed by atoms with Crippen molar-refractivity contribution in [3.05, 3.63) is 0 Å². The Kier molecular flexibility index (Phi) is 8.92. The second-order valence-corrected chi connectivity index (χ2v) is 7.64. The number of nitrogens with one attached hydrogen (secondary N) is 1. The number of carbonyl (C=O) groups excluding carboxylic acids is 1. The molecular weight excluding hydrogens is 292 g/mol. The van der Waals surface area contributed by atoms with Gasteiger partial charge in [-0.25, -0.2) is 4.79 Å². The highest BCUT2D eigenvalue weighted by Crippen LogP contribution is 2.17. The fraction of sp³-hybridized carbons (Fsp3) is 0.944. The molecule has 1 rings (SSSR count). The van der Waals surface area contributed by atoms with Crippen molar-refractivity contribution in [2.75, 3.05) is 32.8 Å². The topological polar surface area (TPSA) is 50.8 Å². The summed E-state index contributed by atoms with van der Waals surface area (Å²) >= 11 is 0. The predicted octanol–water partition coefficient (Wildman–Crippen LogP) is 3.43. The van der Waals surface area contributed by atoms with E-state index in [0.717, 1.165) is 51.5 Å². The fourth-order valence-electron chi connectivity index (χ4n) is 2.77. The van der Waals surface area contributed by atoms with Gasteiger partial charge in [0.25, 0.3) is 0 Å². The Balaban J connectivity index is 2.09. The third-order valence-corrected chi connectivity index (χ3v) is 4.00. The molecule has 0 aromatic heterocycles. The summed E-state index contributed by atoms with van der Waals surface area (Å²) in [6.45, 7) is 14.4. The van der Waals surface area contributed by atoms with E-state index in [1.165, 1.54) is 12.8 Å². The van der Waals surface area contributed by atoms with E-state index in [1.807, 2.05) is 20.8 Å². The molecule has 1 heterocycles. The highest BCUT2D eigenvalue weighted by molar-refractivity contribution is 5.68. The lowest BCUT2D eigenvalue weighted by Gasteiger charge is -2.33. The summed E-state index contributed by atoms with van der Waals surface area (Å²) in [6.07, 6.45) is 4.37. The highest BCUT2D eigenvalue weighted by Gasteiger charge is 2.26. The van der Waals surface area contributed by atoms with Crippen molar-refractivity contribution in [1.82, 2.24) is 10.2 Å². The second kappa shape index (κ2) is 10.1. The minimum Gasteiger partial charge on any atom is -0.444 e. The lowest BCUT2D eigenvalue weighted by Crippen LogP contribution is -2.43. The van der Waals surface area contributed by atoms with Gasteiger partial charge >= 0.3 is 6.09 Å². The maximum absolute atomic E-state index is 12.0. The van der Waals surface area contributed by atoms with Gasteiger partial charge in [0.2, 0.25) is 0 Å². The number of ether oxygens (including phenoxy) is 2. The summed E-state index contributed by atoms with van der Waals surface area (Å²) < 4.78 is 11.3. The van der Waals surface area contributed by atoms with Crippen LogP contribution >= 0.6 is 0 Å². The van der Waals surface area contributed by atoms with Gasteiger partial charge in [-0.05, 0) is 52.5 Å². The monoisotopic (exact) mass is 328 g/mol. The number of hydrogen-bond acceptors (Lipinski definition) is 4. The highest BCUT2D eigenvalue weighted by atomic mass is 16.6. The Hall–Kier alpha value is -0.810. The Morgan fingerprint density at radius 2 is 1.96 bits per heavy atom. The van der Waals surface area contributed by atoms with E-state index in [0.29, 0.717) is 0 Å². The van der Waals surface area contributed by atoms with E-state index >= 15 is 0 Å². The molecule has 0 saturated carbocycles. The summed E-state index contributed by atoms with van der Waals surface area (Å²) in [4.78, 5) is 13.8. The van der Waals surface area contributed by atoms with Gasteiger partial charge < -0.3 is 19.7 Å². The van der Waals surface area contributed by atoms with Crippen LogP contribution in [0.3, 0.4) is 0 Å². The molecule has 136 valence electrons. The van der Waals surface area contributed by atoms with Gasteiger partial charge in [-0.2, -0.15) is 0 Å². The van der Waals surface area contributed by atoms with Crippen LogP contribution in [0.15, 0.2) is 0 Å². The van der Waals surface area contributed by atoms with Crippen molar-refractivity contribution in [1.29, 1.82) is 0 Å². The zero-order valence-electron chi connectivity index (χ0n) is 15.7. The average Bonchev–Trinajstić information content (AvgIpc) is 2.46. The van der Waals surface area contributed by atoms with Gasteiger partial charge in [0, 0.05) is 19.6 Å². The van der Waals surface area contributed by atoms with E-state index in [2.05, 4.69) is 19.2 Å².